The summed E-state index contributed by atoms with van der Waals surface area (Å²) in [6, 6.07) is 0. The van der Waals surface area contributed by atoms with Crippen LogP contribution in [0.2, 0.25) is 0 Å². The number of hydrogen-bond donors (Lipinski definition) is 1. The van der Waals surface area contributed by atoms with Gasteiger partial charge in [0.15, 0.2) is 0 Å². The third kappa shape index (κ3) is 2.05. The third-order valence-electron chi connectivity index (χ3n) is 2.06. The van der Waals surface area contributed by atoms with Crippen molar-refractivity contribution in [3.05, 3.63) is 16.1 Å². The monoisotopic (exact) mass is 185 g/mol. The van der Waals surface area contributed by atoms with Gasteiger partial charge in [0.2, 0.25) is 0 Å². The second-order valence-corrected chi connectivity index (χ2v) is 3.98. The Balaban J connectivity index is 2.72. The molecule has 0 unspecified atom stereocenters. The average molecular weight is 185 g/mol. The second kappa shape index (κ2) is 4.58. The Labute approximate surface area is 77.3 Å². The highest BCUT2D eigenvalue weighted by molar-refractivity contribution is 7.11. The van der Waals surface area contributed by atoms with Crippen LogP contribution in [-0.2, 0) is 6.61 Å². The van der Waals surface area contributed by atoms with Crippen LogP contribution in [-0.4, -0.2) is 10.1 Å². The van der Waals surface area contributed by atoms with E-state index in [4.69, 9.17) is 5.11 Å². The van der Waals surface area contributed by atoms with E-state index in [9.17, 15) is 0 Å². The normalized spacial score (nSPS) is 11.0. The number of aromatic nitrogens is 1. The lowest BCUT2D eigenvalue weighted by molar-refractivity contribution is 0.285. The van der Waals surface area contributed by atoms with Gasteiger partial charge in [-0.15, -0.1) is 11.3 Å². The minimum absolute atomic E-state index is 0.123. The third-order valence-corrected chi connectivity index (χ3v) is 3.21. The molecule has 1 rings (SSSR count). The predicted molar refractivity (Wildman–Crippen MR) is 51.4 cm³/mol. The van der Waals surface area contributed by atoms with Gasteiger partial charge in [-0.25, -0.2) is 4.98 Å². The zero-order valence-corrected chi connectivity index (χ0v) is 8.40. The predicted octanol–water partition coefficient (Wildman–Crippen LogP) is 2.54. The van der Waals surface area contributed by atoms with Crippen molar-refractivity contribution in [3.8, 4) is 0 Å². The van der Waals surface area contributed by atoms with Gasteiger partial charge in [0.25, 0.3) is 0 Å². The summed E-state index contributed by atoms with van der Waals surface area (Å²) in [5, 5.41) is 10.0. The van der Waals surface area contributed by atoms with Crippen LogP contribution >= 0.6 is 11.3 Å². The summed E-state index contributed by atoms with van der Waals surface area (Å²) in [6.07, 6.45) is 4.04. The summed E-state index contributed by atoms with van der Waals surface area (Å²) in [5.41, 5.74) is 0. The molecule has 0 saturated carbocycles. The van der Waals surface area contributed by atoms with Gasteiger partial charge < -0.3 is 5.11 Å². The van der Waals surface area contributed by atoms with Crippen LogP contribution in [0, 0.1) is 0 Å². The van der Waals surface area contributed by atoms with Crippen LogP contribution in [0.4, 0.5) is 0 Å². The summed E-state index contributed by atoms with van der Waals surface area (Å²) >= 11 is 1.63. The first kappa shape index (κ1) is 9.68. The maximum atomic E-state index is 8.85. The molecule has 0 amide bonds. The van der Waals surface area contributed by atoms with Gasteiger partial charge in [0, 0.05) is 12.1 Å². The van der Waals surface area contributed by atoms with Gasteiger partial charge in [-0.3, -0.25) is 0 Å². The van der Waals surface area contributed by atoms with E-state index in [1.165, 1.54) is 5.01 Å². The Kier molecular flexibility index (Phi) is 3.69. The van der Waals surface area contributed by atoms with Crippen molar-refractivity contribution >= 4 is 11.3 Å². The van der Waals surface area contributed by atoms with Gasteiger partial charge in [-0.1, -0.05) is 13.8 Å². The van der Waals surface area contributed by atoms with Crippen LogP contribution in [0.5, 0.6) is 0 Å². The molecule has 0 aliphatic carbocycles. The Morgan fingerprint density at radius 1 is 1.50 bits per heavy atom. The number of rotatable bonds is 4. The van der Waals surface area contributed by atoms with Crippen molar-refractivity contribution in [2.24, 2.45) is 0 Å². The van der Waals surface area contributed by atoms with Crippen molar-refractivity contribution in [2.45, 2.75) is 39.2 Å². The fourth-order valence-electron chi connectivity index (χ4n) is 1.22. The molecule has 0 spiro atoms. The summed E-state index contributed by atoms with van der Waals surface area (Å²) in [6.45, 7) is 4.47. The van der Waals surface area contributed by atoms with Gasteiger partial charge in [0.1, 0.15) is 0 Å². The van der Waals surface area contributed by atoms with Gasteiger partial charge in [0.05, 0.1) is 16.5 Å². The SMILES string of the molecule is CCC(CC)c1ncc(CO)s1. The molecule has 0 aromatic carbocycles. The highest BCUT2D eigenvalue weighted by atomic mass is 32.1. The molecule has 0 aliphatic heterocycles. The molecule has 1 aromatic rings. The van der Waals surface area contributed by atoms with Crippen molar-refractivity contribution in [1.82, 2.24) is 4.98 Å². The van der Waals surface area contributed by atoms with Crippen LogP contribution < -0.4 is 0 Å². The lowest BCUT2D eigenvalue weighted by Crippen LogP contribution is -1.92. The maximum Gasteiger partial charge on any atom is 0.0959 e. The smallest absolute Gasteiger partial charge is 0.0959 e. The minimum atomic E-state index is 0.123. The van der Waals surface area contributed by atoms with E-state index >= 15 is 0 Å². The maximum absolute atomic E-state index is 8.85. The number of aliphatic hydroxyl groups excluding tert-OH is 1. The van der Waals surface area contributed by atoms with Crippen LogP contribution in [0.3, 0.4) is 0 Å². The summed E-state index contributed by atoms with van der Waals surface area (Å²) in [4.78, 5) is 5.26. The number of aliphatic hydroxyl groups is 1. The van der Waals surface area contributed by atoms with E-state index < -0.39 is 0 Å². The molecule has 1 N–H and O–H groups in total. The molecule has 2 nitrogen and oxygen atoms in total. The molecular formula is C9H15NOS. The summed E-state index contributed by atoms with van der Waals surface area (Å²) in [5.74, 6) is 0.579. The zero-order chi connectivity index (χ0) is 8.97. The number of thiazole rings is 1. The van der Waals surface area contributed by atoms with Gasteiger partial charge in [-0.2, -0.15) is 0 Å². The van der Waals surface area contributed by atoms with Crippen LogP contribution in [0.25, 0.3) is 0 Å². The summed E-state index contributed by atoms with van der Waals surface area (Å²) in [7, 11) is 0. The van der Waals surface area contributed by atoms with Crippen molar-refractivity contribution in [3.63, 3.8) is 0 Å². The molecule has 0 radical (unpaired) electrons. The topological polar surface area (TPSA) is 33.1 Å². The highest BCUT2D eigenvalue weighted by Gasteiger charge is 2.10. The first-order chi connectivity index (χ1) is 5.81. The van der Waals surface area contributed by atoms with Crippen LogP contribution in [0.15, 0.2) is 6.20 Å². The largest absolute Gasteiger partial charge is 0.391 e. The molecule has 0 atom stereocenters. The Bertz CT molecular complexity index is 230. The quantitative estimate of drug-likeness (QED) is 0.782. The van der Waals surface area contributed by atoms with Crippen molar-refractivity contribution in [1.29, 1.82) is 0 Å². The lowest BCUT2D eigenvalue weighted by Gasteiger charge is -2.06. The second-order valence-electron chi connectivity index (χ2n) is 2.84. The first-order valence-electron chi connectivity index (χ1n) is 4.37. The Morgan fingerprint density at radius 3 is 2.58 bits per heavy atom. The lowest BCUT2D eigenvalue weighted by atomic mass is 10.1. The molecule has 0 fully saturated rings. The van der Waals surface area contributed by atoms with E-state index in [1.54, 1.807) is 17.5 Å². The molecule has 12 heavy (non-hydrogen) atoms. The highest BCUT2D eigenvalue weighted by Crippen LogP contribution is 2.26. The van der Waals surface area contributed by atoms with Gasteiger partial charge in [-0.05, 0) is 12.8 Å². The van der Waals surface area contributed by atoms with Crippen LogP contribution in [0.1, 0.15) is 42.5 Å². The van der Waals surface area contributed by atoms with E-state index in [2.05, 4.69) is 18.8 Å². The standard InChI is InChI=1S/C9H15NOS/c1-3-7(4-2)9-10-5-8(6-11)12-9/h5,7,11H,3-4,6H2,1-2H3. The Morgan fingerprint density at radius 2 is 2.17 bits per heavy atom. The molecule has 68 valence electrons. The van der Waals surface area contributed by atoms with E-state index in [1.807, 2.05) is 0 Å². The van der Waals surface area contributed by atoms with Crippen molar-refractivity contribution < 1.29 is 5.11 Å². The molecule has 1 aromatic heterocycles. The molecule has 3 heteroatoms. The molecular weight excluding hydrogens is 170 g/mol. The molecule has 1 heterocycles. The fraction of sp³-hybridized carbons (Fsp3) is 0.667. The van der Waals surface area contributed by atoms with Crippen molar-refractivity contribution in [2.75, 3.05) is 0 Å². The Hall–Kier alpha value is -0.410. The molecule has 0 bridgehead atoms. The zero-order valence-electron chi connectivity index (χ0n) is 7.58. The van der Waals surface area contributed by atoms with Gasteiger partial charge >= 0.3 is 0 Å². The molecule has 0 aliphatic rings. The fourth-order valence-corrected chi connectivity index (χ4v) is 2.27. The van der Waals surface area contributed by atoms with E-state index in [0.717, 1.165) is 17.7 Å². The minimum Gasteiger partial charge on any atom is -0.391 e. The van der Waals surface area contributed by atoms with E-state index in [0.29, 0.717) is 5.92 Å². The number of nitrogens with zero attached hydrogens (tertiary/aromatic N) is 1. The number of hydrogen-bond acceptors (Lipinski definition) is 3. The molecule has 0 saturated heterocycles. The average Bonchev–Trinajstić information content (AvgIpc) is 2.55. The summed E-state index contributed by atoms with van der Waals surface area (Å²) < 4.78 is 0. The first-order valence-corrected chi connectivity index (χ1v) is 5.18. The van der Waals surface area contributed by atoms with E-state index in [-0.39, 0.29) is 6.61 Å².